The molecule has 2 atom stereocenters. The van der Waals surface area contributed by atoms with Crippen LogP contribution in [0.2, 0.25) is 5.02 Å². The number of hydrogen-bond acceptors (Lipinski definition) is 3. The standard InChI is InChI=1S/C19H19ClN2O2/c20-15-8-9-16(21-10-15)19(23)22-11-17(13-4-2-1-3-5-13)24-18(12-22)14-6-7-14/h1-5,8-10,14,17-18H,6-7,11-12H2/t17-,18+/m0/s1. The van der Waals surface area contributed by atoms with E-state index >= 15 is 0 Å². The minimum absolute atomic E-state index is 0.0541. The van der Waals surface area contributed by atoms with Gasteiger partial charge in [0, 0.05) is 12.7 Å². The van der Waals surface area contributed by atoms with Gasteiger partial charge < -0.3 is 9.64 Å². The summed E-state index contributed by atoms with van der Waals surface area (Å²) in [6.07, 6.45) is 3.92. The lowest BCUT2D eigenvalue weighted by Crippen LogP contribution is -2.47. The fraction of sp³-hybridized carbons (Fsp3) is 0.368. The highest BCUT2D eigenvalue weighted by Gasteiger charge is 2.40. The summed E-state index contributed by atoms with van der Waals surface area (Å²) >= 11 is 5.87. The van der Waals surface area contributed by atoms with Crippen LogP contribution in [0.15, 0.2) is 48.7 Å². The molecule has 1 aromatic heterocycles. The van der Waals surface area contributed by atoms with Gasteiger partial charge in [0.1, 0.15) is 11.8 Å². The number of aromatic nitrogens is 1. The molecule has 24 heavy (non-hydrogen) atoms. The van der Waals surface area contributed by atoms with Crippen molar-refractivity contribution in [3.8, 4) is 0 Å². The van der Waals surface area contributed by atoms with E-state index in [2.05, 4.69) is 17.1 Å². The fourth-order valence-corrected chi connectivity index (χ4v) is 3.31. The molecule has 124 valence electrons. The van der Waals surface area contributed by atoms with Crippen molar-refractivity contribution in [3.05, 3.63) is 64.9 Å². The Hall–Kier alpha value is -1.91. The van der Waals surface area contributed by atoms with Crippen LogP contribution in [-0.4, -0.2) is 35.0 Å². The number of amides is 1. The minimum atomic E-state index is -0.0817. The Kier molecular flexibility index (Phi) is 4.25. The molecule has 1 aliphatic carbocycles. The molecule has 4 nitrogen and oxygen atoms in total. The van der Waals surface area contributed by atoms with Crippen molar-refractivity contribution in [1.29, 1.82) is 0 Å². The first kappa shape index (κ1) is 15.6. The zero-order valence-corrected chi connectivity index (χ0v) is 14.0. The van der Waals surface area contributed by atoms with Crippen molar-refractivity contribution in [2.75, 3.05) is 13.1 Å². The van der Waals surface area contributed by atoms with Crippen LogP contribution in [0.4, 0.5) is 0 Å². The Bertz CT molecular complexity index is 716. The number of benzene rings is 1. The van der Waals surface area contributed by atoms with Crippen LogP contribution < -0.4 is 0 Å². The molecule has 1 aromatic carbocycles. The highest BCUT2D eigenvalue weighted by molar-refractivity contribution is 6.30. The average Bonchev–Trinajstić information content (AvgIpc) is 3.47. The third kappa shape index (κ3) is 3.30. The van der Waals surface area contributed by atoms with Gasteiger partial charge in [0.05, 0.1) is 17.7 Å². The molecule has 0 unspecified atom stereocenters. The van der Waals surface area contributed by atoms with E-state index in [0.717, 1.165) is 5.56 Å². The second-order valence-electron chi connectivity index (χ2n) is 6.48. The summed E-state index contributed by atoms with van der Waals surface area (Å²) in [5.41, 5.74) is 1.55. The van der Waals surface area contributed by atoms with Crippen LogP contribution in [0.1, 0.15) is 35.0 Å². The zero-order chi connectivity index (χ0) is 16.5. The van der Waals surface area contributed by atoms with Crippen molar-refractivity contribution in [1.82, 2.24) is 9.88 Å². The van der Waals surface area contributed by atoms with E-state index in [4.69, 9.17) is 16.3 Å². The van der Waals surface area contributed by atoms with Gasteiger partial charge in [-0.25, -0.2) is 4.98 Å². The highest BCUT2D eigenvalue weighted by atomic mass is 35.5. The summed E-state index contributed by atoms with van der Waals surface area (Å²) in [7, 11) is 0. The van der Waals surface area contributed by atoms with E-state index < -0.39 is 0 Å². The van der Waals surface area contributed by atoms with E-state index in [1.54, 1.807) is 12.1 Å². The number of carbonyl (C=O) groups is 1. The number of ether oxygens (including phenoxy) is 1. The van der Waals surface area contributed by atoms with Crippen molar-refractivity contribution in [3.63, 3.8) is 0 Å². The molecular weight excluding hydrogens is 324 g/mol. The maximum atomic E-state index is 12.8. The maximum absolute atomic E-state index is 12.8. The van der Waals surface area contributed by atoms with E-state index in [1.807, 2.05) is 23.1 Å². The van der Waals surface area contributed by atoms with Crippen molar-refractivity contribution in [2.45, 2.75) is 25.0 Å². The summed E-state index contributed by atoms with van der Waals surface area (Å²) in [5, 5.41) is 0.534. The van der Waals surface area contributed by atoms with E-state index in [9.17, 15) is 4.79 Å². The summed E-state index contributed by atoms with van der Waals surface area (Å²) in [5.74, 6) is 0.520. The molecule has 1 aliphatic heterocycles. The molecule has 0 spiro atoms. The summed E-state index contributed by atoms with van der Waals surface area (Å²) in [4.78, 5) is 18.9. The van der Waals surface area contributed by atoms with Crippen molar-refractivity contribution in [2.24, 2.45) is 5.92 Å². The molecular formula is C19H19ClN2O2. The Morgan fingerprint density at radius 2 is 1.92 bits per heavy atom. The lowest BCUT2D eigenvalue weighted by molar-refractivity contribution is -0.0865. The van der Waals surface area contributed by atoms with E-state index in [0.29, 0.717) is 29.7 Å². The lowest BCUT2D eigenvalue weighted by atomic mass is 10.0. The predicted molar refractivity (Wildman–Crippen MR) is 91.9 cm³/mol. The summed E-state index contributed by atoms with van der Waals surface area (Å²) in [6, 6.07) is 13.5. The first-order valence-electron chi connectivity index (χ1n) is 8.32. The largest absolute Gasteiger partial charge is 0.366 e. The fourth-order valence-electron chi connectivity index (χ4n) is 3.20. The number of hydrogen-bond donors (Lipinski definition) is 0. The third-order valence-electron chi connectivity index (χ3n) is 4.68. The first-order chi connectivity index (χ1) is 11.7. The zero-order valence-electron chi connectivity index (χ0n) is 13.3. The van der Waals surface area contributed by atoms with Crippen LogP contribution in [0.3, 0.4) is 0 Å². The SMILES string of the molecule is O=C(c1ccc(Cl)cn1)N1C[C@@H](c2ccccc2)O[C@@H](C2CC2)C1. The van der Waals surface area contributed by atoms with Gasteiger partial charge in [0.15, 0.2) is 0 Å². The van der Waals surface area contributed by atoms with E-state index in [1.165, 1.54) is 19.0 Å². The smallest absolute Gasteiger partial charge is 0.272 e. The first-order valence-corrected chi connectivity index (χ1v) is 8.70. The number of nitrogens with zero attached hydrogens (tertiary/aromatic N) is 2. The molecule has 2 heterocycles. The Labute approximate surface area is 146 Å². The molecule has 0 bridgehead atoms. The van der Waals surface area contributed by atoms with Gasteiger partial charge in [-0.2, -0.15) is 0 Å². The molecule has 0 N–H and O–H groups in total. The van der Waals surface area contributed by atoms with Gasteiger partial charge in [-0.3, -0.25) is 4.79 Å². The van der Waals surface area contributed by atoms with Gasteiger partial charge in [-0.15, -0.1) is 0 Å². The second kappa shape index (κ2) is 6.54. The normalized spacial score (nSPS) is 24.0. The predicted octanol–water partition coefficient (Wildman–Crippen LogP) is 3.73. The molecule has 5 heteroatoms. The van der Waals surface area contributed by atoms with Gasteiger partial charge in [-0.1, -0.05) is 41.9 Å². The quantitative estimate of drug-likeness (QED) is 0.853. The van der Waals surface area contributed by atoms with Crippen LogP contribution in [0.5, 0.6) is 0 Å². The molecule has 1 saturated heterocycles. The Balaban J connectivity index is 1.57. The molecule has 2 aromatic rings. The number of halogens is 1. The van der Waals surface area contributed by atoms with Gasteiger partial charge >= 0.3 is 0 Å². The number of carbonyl (C=O) groups excluding carboxylic acids is 1. The highest BCUT2D eigenvalue weighted by Crippen LogP contribution is 2.39. The molecule has 1 amide bonds. The van der Waals surface area contributed by atoms with Crippen molar-refractivity contribution >= 4 is 17.5 Å². The molecule has 2 aliphatic rings. The molecule has 1 saturated carbocycles. The Morgan fingerprint density at radius 3 is 2.58 bits per heavy atom. The number of morpholine rings is 1. The van der Waals surface area contributed by atoms with Crippen LogP contribution in [0.25, 0.3) is 0 Å². The van der Waals surface area contributed by atoms with Gasteiger partial charge in [0.25, 0.3) is 5.91 Å². The second-order valence-corrected chi connectivity index (χ2v) is 6.92. The van der Waals surface area contributed by atoms with Gasteiger partial charge in [0.2, 0.25) is 0 Å². The Morgan fingerprint density at radius 1 is 1.12 bits per heavy atom. The number of rotatable bonds is 3. The van der Waals surface area contributed by atoms with Gasteiger partial charge in [-0.05, 0) is 36.5 Å². The molecule has 4 rings (SSSR count). The van der Waals surface area contributed by atoms with Crippen LogP contribution in [0, 0.1) is 5.92 Å². The molecule has 0 radical (unpaired) electrons. The number of pyridine rings is 1. The minimum Gasteiger partial charge on any atom is -0.366 e. The van der Waals surface area contributed by atoms with E-state index in [-0.39, 0.29) is 18.1 Å². The topological polar surface area (TPSA) is 42.4 Å². The average molecular weight is 343 g/mol. The summed E-state index contributed by atoms with van der Waals surface area (Å²) in [6.45, 7) is 1.19. The van der Waals surface area contributed by atoms with Crippen LogP contribution >= 0.6 is 11.6 Å². The lowest BCUT2D eigenvalue weighted by Gasteiger charge is -2.38. The maximum Gasteiger partial charge on any atom is 0.272 e. The molecule has 2 fully saturated rings. The monoisotopic (exact) mass is 342 g/mol. The van der Waals surface area contributed by atoms with Crippen LogP contribution in [-0.2, 0) is 4.74 Å². The van der Waals surface area contributed by atoms with Crippen molar-refractivity contribution < 1.29 is 9.53 Å². The summed E-state index contributed by atoms with van der Waals surface area (Å²) < 4.78 is 6.30. The third-order valence-corrected chi connectivity index (χ3v) is 4.90.